The number of nitrogens with two attached hydrogens (primary N) is 1. The molecule has 16 heavy (non-hydrogen) atoms. The average molecular weight is 222 g/mol. The summed E-state index contributed by atoms with van der Waals surface area (Å²) in [6.07, 6.45) is 2.31. The molecule has 0 aromatic carbocycles. The van der Waals surface area contributed by atoms with Crippen LogP contribution in [0.15, 0.2) is 6.07 Å². The van der Waals surface area contributed by atoms with Gasteiger partial charge in [0.25, 0.3) is 0 Å². The summed E-state index contributed by atoms with van der Waals surface area (Å²) in [6, 6.07) is 1.72. The molecule has 0 radical (unpaired) electrons. The van der Waals surface area contributed by atoms with Gasteiger partial charge in [-0.1, -0.05) is 0 Å². The van der Waals surface area contributed by atoms with Crippen LogP contribution in [0.25, 0.3) is 0 Å². The van der Waals surface area contributed by atoms with Crippen molar-refractivity contribution in [1.29, 1.82) is 0 Å². The molecule has 3 N–H and O–H groups in total. The monoisotopic (exact) mass is 222 g/mol. The van der Waals surface area contributed by atoms with E-state index in [1.807, 2.05) is 20.8 Å². The Bertz CT molecular complexity index is 382. The molecule has 2 rings (SSSR count). The minimum Gasteiger partial charge on any atom is -0.472 e. The fourth-order valence-electron chi connectivity index (χ4n) is 1.41. The second-order valence-corrected chi connectivity index (χ2v) is 5.08. The highest BCUT2D eigenvalue weighted by atomic mass is 16.5. The van der Waals surface area contributed by atoms with Crippen LogP contribution in [0, 0.1) is 0 Å². The first kappa shape index (κ1) is 11.1. The van der Waals surface area contributed by atoms with Crippen molar-refractivity contribution in [2.45, 2.75) is 45.1 Å². The number of hydrogen-bond acceptors (Lipinski definition) is 5. The standard InChI is InChI=1S/C11H18N4O/c1-11(2,3)16-9-6-8(15-12)13-10(14-9)7-4-5-7/h6-7H,4-5,12H2,1-3H3,(H,13,14,15). The summed E-state index contributed by atoms with van der Waals surface area (Å²) in [5.41, 5.74) is 2.28. The highest BCUT2D eigenvalue weighted by molar-refractivity contribution is 5.38. The highest BCUT2D eigenvalue weighted by Crippen LogP contribution is 2.39. The summed E-state index contributed by atoms with van der Waals surface area (Å²) < 4.78 is 5.72. The van der Waals surface area contributed by atoms with E-state index in [4.69, 9.17) is 10.6 Å². The Hall–Kier alpha value is -1.36. The maximum absolute atomic E-state index is 5.72. The fourth-order valence-corrected chi connectivity index (χ4v) is 1.41. The Morgan fingerprint density at radius 2 is 2.06 bits per heavy atom. The molecule has 1 aliphatic carbocycles. The summed E-state index contributed by atoms with van der Waals surface area (Å²) >= 11 is 0. The molecule has 0 unspecified atom stereocenters. The van der Waals surface area contributed by atoms with Gasteiger partial charge in [-0.05, 0) is 33.6 Å². The van der Waals surface area contributed by atoms with E-state index in [0.717, 1.165) is 18.7 Å². The third-order valence-electron chi connectivity index (χ3n) is 2.22. The van der Waals surface area contributed by atoms with Crippen LogP contribution >= 0.6 is 0 Å². The van der Waals surface area contributed by atoms with Crippen molar-refractivity contribution >= 4 is 5.82 Å². The van der Waals surface area contributed by atoms with Crippen molar-refractivity contribution in [1.82, 2.24) is 9.97 Å². The molecule has 5 heteroatoms. The molecular formula is C11H18N4O. The van der Waals surface area contributed by atoms with Gasteiger partial charge < -0.3 is 10.2 Å². The maximum atomic E-state index is 5.72. The normalized spacial score (nSPS) is 16.0. The van der Waals surface area contributed by atoms with Crippen molar-refractivity contribution in [2.24, 2.45) is 5.84 Å². The Labute approximate surface area is 95.4 Å². The van der Waals surface area contributed by atoms with Crippen LogP contribution in [0.1, 0.15) is 45.4 Å². The number of hydrazine groups is 1. The predicted molar refractivity (Wildman–Crippen MR) is 62.2 cm³/mol. The topological polar surface area (TPSA) is 73.1 Å². The molecular weight excluding hydrogens is 204 g/mol. The first-order valence-electron chi connectivity index (χ1n) is 5.52. The van der Waals surface area contributed by atoms with E-state index < -0.39 is 0 Å². The summed E-state index contributed by atoms with van der Waals surface area (Å²) in [6.45, 7) is 5.96. The van der Waals surface area contributed by atoms with Gasteiger partial charge in [0.2, 0.25) is 5.88 Å². The second kappa shape index (κ2) is 3.90. The van der Waals surface area contributed by atoms with Gasteiger partial charge in [0.1, 0.15) is 17.2 Å². The van der Waals surface area contributed by atoms with Gasteiger partial charge >= 0.3 is 0 Å². The van der Waals surface area contributed by atoms with Crippen LogP contribution in [0.5, 0.6) is 5.88 Å². The number of nitrogens with zero attached hydrogens (tertiary/aromatic N) is 2. The summed E-state index contributed by atoms with van der Waals surface area (Å²) in [5.74, 6) is 7.87. The lowest BCUT2D eigenvalue weighted by molar-refractivity contribution is 0.123. The summed E-state index contributed by atoms with van der Waals surface area (Å²) in [5, 5.41) is 0. The van der Waals surface area contributed by atoms with Gasteiger partial charge in [0.05, 0.1) is 0 Å². The molecule has 0 aliphatic heterocycles. The summed E-state index contributed by atoms with van der Waals surface area (Å²) in [7, 11) is 0. The van der Waals surface area contributed by atoms with Crippen molar-refractivity contribution in [2.75, 3.05) is 5.43 Å². The third-order valence-corrected chi connectivity index (χ3v) is 2.22. The maximum Gasteiger partial charge on any atom is 0.219 e. The van der Waals surface area contributed by atoms with E-state index >= 15 is 0 Å². The minimum absolute atomic E-state index is 0.263. The molecule has 1 aromatic heterocycles. The second-order valence-electron chi connectivity index (χ2n) is 5.08. The number of anilines is 1. The number of hydrogen-bond donors (Lipinski definition) is 2. The Balaban J connectivity index is 2.25. The first-order chi connectivity index (χ1) is 7.48. The quantitative estimate of drug-likeness (QED) is 0.603. The van der Waals surface area contributed by atoms with Crippen molar-refractivity contribution in [3.8, 4) is 5.88 Å². The largest absolute Gasteiger partial charge is 0.472 e. The molecule has 1 saturated carbocycles. The van der Waals surface area contributed by atoms with Crippen LogP contribution in [0.4, 0.5) is 5.82 Å². The molecule has 1 heterocycles. The number of ether oxygens (including phenoxy) is 1. The van der Waals surface area contributed by atoms with E-state index in [1.165, 1.54) is 0 Å². The van der Waals surface area contributed by atoms with Crippen LogP contribution in [-0.2, 0) is 0 Å². The van der Waals surface area contributed by atoms with Crippen molar-refractivity contribution in [3.63, 3.8) is 0 Å². The van der Waals surface area contributed by atoms with Gasteiger partial charge in [0.15, 0.2) is 0 Å². The molecule has 0 atom stereocenters. The van der Waals surface area contributed by atoms with Gasteiger partial charge in [-0.15, -0.1) is 0 Å². The molecule has 88 valence electrons. The highest BCUT2D eigenvalue weighted by Gasteiger charge is 2.28. The molecule has 0 amide bonds. The van der Waals surface area contributed by atoms with Gasteiger partial charge in [-0.3, -0.25) is 0 Å². The molecule has 0 saturated heterocycles. The van der Waals surface area contributed by atoms with Crippen LogP contribution in [0.2, 0.25) is 0 Å². The molecule has 1 aliphatic rings. The third kappa shape index (κ3) is 2.82. The first-order valence-corrected chi connectivity index (χ1v) is 5.52. The zero-order valence-corrected chi connectivity index (χ0v) is 9.95. The molecule has 1 aromatic rings. The molecule has 1 fully saturated rings. The van der Waals surface area contributed by atoms with Gasteiger partial charge in [-0.25, -0.2) is 10.8 Å². The zero-order chi connectivity index (χ0) is 11.8. The number of aromatic nitrogens is 2. The fraction of sp³-hybridized carbons (Fsp3) is 0.636. The molecule has 5 nitrogen and oxygen atoms in total. The smallest absolute Gasteiger partial charge is 0.219 e. The van der Waals surface area contributed by atoms with E-state index in [2.05, 4.69) is 15.4 Å². The minimum atomic E-state index is -0.263. The lowest BCUT2D eigenvalue weighted by Crippen LogP contribution is -2.24. The van der Waals surface area contributed by atoms with Crippen LogP contribution in [-0.4, -0.2) is 15.6 Å². The SMILES string of the molecule is CC(C)(C)Oc1cc(NN)nc(C2CC2)n1. The lowest BCUT2D eigenvalue weighted by Gasteiger charge is -2.20. The Morgan fingerprint density at radius 3 is 2.56 bits per heavy atom. The Kier molecular flexibility index (Phi) is 2.71. The van der Waals surface area contributed by atoms with Crippen molar-refractivity contribution in [3.05, 3.63) is 11.9 Å². The Morgan fingerprint density at radius 1 is 1.38 bits per heavy atom. The van der Waals surface area contributed by atoms with Crippen molar-refractivity contribution < 1.29 is 4.74 Å². The molecule has 0 bridgehead atoms. The van der Waals surface area contributed by atoms with Gasteiger partial charge in [0, 0.05) is 12.0 Å². The number of nitrogen functional groups attached to an aromatic ring is 1. The summed E-state index contributed by atoms with van der Waals surface area (Å²) in [4.78, 5) is 8.72. The molecule has 0 spiro atoms. The number of rotatable bonds is 3. The lowest BCUT2D eigenvalue weighted by atomic mass is 10.2. The average Bonchev–Trinajstić information content (AvgIpc) is 2.97. The van der Waals surface area contributed by atoms with Crippen LogP contribution < -0.4 is 16.0 Å². The zero-order valence-electron chi connectivity index (χ0n) is 9.95. The van der Waals surface area contributed by atoms with E-state index in [0.29, 0.717) is 17.6 Å². The van der Waals surface area contributed by atoms with E-state index in [1.54, 1.807) is 6.07 Å². The van der Waals surface area contributed by atoms with Crippen LogP contribution in [0.3, 0.4) is 0 Å². The van der Waals surface area contributed by atoms with E-state index in [9.17, 15) is 0 Å². The number of nitrogens with one attached hydrogen (secondary N) is 1. The predicted octanol–water partition coefficient (Wildman–Crippen LogP) is 1.82. The van der Waals surface area contributed by atoms with E-state index in [-0.39, 0.29) is 5.60 Å². The van der Waals surface area contributed by atoms with Gasteiger partial charge in [-0.2, -0.15) is 4.98 Å².